The second-order valence-electron chi connectivity index (χ2n) is 6.14. The Morgan fingerprint density at radius 2 is 1.97 bits per heavy atom. The van der Waals surface area contributed by atoms with Crippen molar-refractivity contribution in [2.45, 2.75) is 12.8 Å². The number of thioether (sulfide) groups is 1. The molecule has 1 aliphatic rings. The van der Waals surface area contributed by atoms with Gasteiger partial charge in [-0.2, -0.15) is 0 Å². The predicted molar refractivity (Wildman–Crippen MR) is 121 cm³/mol. The molecule has 2 aromatic carbocycles. The summed E-state index contributed by atoms with van der Waals surface area (Å²) >= 11 is 18.3. The van der Waals surface area contributed by atoms with E-state index >= 15 is 0 Å². The molecule has 0 unspecified atom stereocenters. The number of carbonyl (C=O) groups excluding carboxylic acids is 2. The van der Waals surface area contributed by atoms with E-state index in [-0.39, 0.29) is 23.3 Å². The zero-order valence-electron chi connectivity index (χ0n) is 15.0. The summed E-state index contributed by atoms with van der Waals surface area (Å²) in [7, 11) is 0. The van der Waals surface area contributed by atoms with Crippen molar-refractivity contribution < 1.29 is 14.0 Å². The van der Waals surface area contributed by atoms with Crippen LogP contribution in [-0.2, 0) is 9.59 Å². The minimum absolute atomic E-state index is 0.0642. The van der Waals surface area contributed by atoms with Crippen LogP contribution in [0.1, 0.15) is 18.4 Å². The van der Waals surface area contributed by atoms with E-state index in [1.54, 1.807) is 12.1 Å². The minimum atomic E-state index is -0.552. The van der Waals surface area contributed by atoms with Crippen LogP contribution in [0.25, 0.3) is 6.08 Å². The van der Waals surface area contributed by atoms with Gasteiger partial charge in [0, 0.05) is 23.7 Å². The number of carbonyl (C=O) groups is 2. The summed E-state index contributed by atoms with van der Waals surface area (Å²) < 4.78 is 13.6. The Morgan fingerprint density at radius 1 is 1.21 bits per heavy atom. The van der Waals surface area contributed by atoms with Crippen LogP contribution in [-0.4, -0.2) is 27.6 Å². The third kappa shape index (κ3) is 5.57. The van der Waals surface area contributed by atoms with Gasteiger partial charge in [0.2, 0.25) is 5.91 Å². The molecule has 0 atom stereocenters. The average Bonchev–Trinajstić information content (AvgIpc) is 2.94. The fourth-order valence-corrected chi connectivity index (χ4v) is 4.29. The Balaban J connectivity index is 1.54. The number of amides is 2. The maximum Gasteiger partial charge on any atom is 0.266 e. The summed E-state index contributed by atoms with van der Waals surface area (Å²) in [6, 6.07) is 11.2. The summed E-state index contributed by atoms with van der Waals surface area (Å²) in [4.78, 5) is 26.7. The summed E-state index contributed by atoms with van der Waals surface area (Å²) in [6.45, 7) is 0.322. The highest BCUT2D eigenvalue weighted by molar-refractivity contribution is 8.26. The van der Waals surface area contributed by atoms with Crippen LogP contribution >= 0.6 is 47.2 Å². The molecule has 9 heteroatoms. The molecule has 1 saturated heterocycles. The van der Waals surface area contributed by atoms with Gasteiger partial charge in [0.05, 0.1) is 9.93 Å². The Morgan fingerprint density at radius 3 is 2.69 bits per heavy atom. The Bertz CT molecular complexity index is 1010. The molecule has 3 rings (SSSR count). The first kappa shape index (κ1) is 21.8. The number of halogens is 3. The molecule has 0 bridgehead atoms. The van der Waals surface area contributed by atoms with E-state index in [0.29, 0.717) is 32.9 Å². The van der Waals surface area contributed by atoms with Gasteiger partial charge >= 0.3 is 0 Å². The van der Waals surface area contributed by atoms with E-state index in [4.69, 9.17) is 35.4 Å². The molecule has 1 heterocycles. The highest BCUT2D eigenvalue weighted by Crippen LogP contribution is 2.33. The lowest BCUT2D eigenvalue weighted by Crippen LogP contribution is -2.29. The van der Waals surface area contributed by atoms with Crippen molar-refractivity contribution in [1.29, 1.82) is 0 Å². The number of thiocarbonyl (C=S) groups is 1. The summed E-state index contributed by atoms with van der Waals surface area (Å²) in [6.07, 6.45) is 2.31. The first-order valence-corrected chi connectivity index (χ1v) is 10.6. The number of nitrogens with one attached hydrogen (secondary N) is 1. The fourth-order valence-electron chi connectivity index (χ4n) is 2.62. The number of benzene rings is 2. The van der Waals surface area contributed by atoms with E-state index in [1.807, 2.05) is 18.2 Å². The Kier molecular flexibility index (Phi) is 7.29. The van der Waals surface area contributed by atoms with Crippen molar-refractivity contribution in [3.63, 3.8) is 0 Å². The van der Waals surface area contributed by atoms with Crippen molar-refractivity contribution in [3.05, 3.63) is 68.8 Å². The molecule has 1 fully saturated rings. The standard InChI is InChI=1S/C20H15Cl2FN2O2S2/c21-14-5-2-1-4-12(14)10-17-19(27)25(20(28)29-17)9-3-6-18(26)24-13-7-8-16(23)15(22)11-13/h1-2,4-5,7-8,10-11H,3,6,9H2,(H,24,26)/b17-10-. The molecule has 1 aliphatic heterocycles. The summed E-state index contributed by atoms with van der Waals surface area (Å²) in [5.41, 5.74) is 1.15. The first-order valence-electron chi connectivity index (χ1n) is 8.60. The highest BCUT2D eigenvalue weighted by atomic mass is 35.5. The molecule has 1 N–H and O–H groups in total. The quantitative estimate of drug-likeness (QED) is 0.432. The van der Waals surface area contributed by atoms with Crippen LogP contribution in [0.2, 0.25) is 10.0 Å². The highest BCUT2D eigenvalue weighted by Gasteiger charge is 2.31. The zero-order valence-corrected chi connectivity index (χ0v) is 18.1. The van der Waals surface area contributed by atoms with Crippen molar-refractivity contribution >= 4 is 75.1 Å². The second kappa shape index (κ2) is 9.71. The molecule has 2 aromatic rings. The van der Waals surface area contributed by atoms with Gasteiger partial charge in [-0.25, -0.2) is 4.39 Å². The summed E-state index contributed by atoms with van der Waals surface area (Å²) in [5, 5.41) is 3.13. The number of hydrogen-bond donors (Lipinski definition) is 1. The van der Waals surface area contributed by atoms with Gasteiger partial charge in [-0.05, 0) is 42.3 Å². The number of nitrogens with zero attached hydrogens (tertiary/aromatic N) is 1. The predicted octanol–water partition coefficient (Wildman–Crippen LogP) is 5.75. The van der Waals surface area contributed by atoms with E-state index in [2.05, 4.69) is 5.32 Å². The lowest BCUT2D eigenvalue weighted by molar-refractivity contribution is -0.122. The first-order chi connectivity index (χ1) is 13.8. The normalized spacial score (nSPS) is 15.3. The van der Waals surface area contributed by atoms with E-state index in [0.717, 1.165) is 5.56 Å². The lowest BCUT2D eigenvalue weighted by Gasteiger charge is -2.14. The third-order valence-corrected chi connectivity index (χ3v) is 6.07. The molecule has 2 amide bonds. The molecule has 0 radical (unpaired) electrons. The monoisotopic (exact) mass is 468 g/mol. The number of hydrogen-bond acceptors (Lipinski definition) is 4. The Labute approximate surface area is 187 Å². The van der Waals surface area contributed by atoms with Crippen LogP contribution in [0.5, 0.6) is 0 Å². The van der Waals surface area contributed by atoms with Crippen LogP contribution in [0, 0.1) is 5.82 Å². The topological polar surface area (TPSA) is 49.4 Å². The van der Waals surface area contributed by atoms with Gasteiger partial charge in [0.15, 0.2) is 0 Å². The molecule has 150 valence electrons. The van der Waals surface area contributed by atoms with E-state index in [1.165, 1.54) is 34.9 Å². The second-order valence-corrected chi connectivity index (χ2v) is 8.63. The van der Waals surface area contributed by atoms with Crippen molar-refractivity contribution in [3.8, 4) is 0 Å². The SMILES string of the molecule is O=C(CCCN1C(=O)/C(=C/c2ccccc2Cl)SC1=S)Nc1ccc(F)c(Cl)c1. The van der Waals surface area contributed by atoms with Crippen molar-refractivity contribution in [1.82, 2.24) is 4.90 Å². The largest absolute Gasteiger partial charge is 0.326 e. The van der Waals surface area contributed by atoms with Crippen LogP contribution in [0.15, 0.2) is 47.4 Å². The fraction of sp³-hybridized carbons (Fsp3) is 0.150. The smallest absolute Gasteiger partial charge is 0.266 e. The number of rotatable bonds is 6. The average molecular weight is 469 g/mol. The van der Waals surface area contributed by atoms with Gasteiger partial charge < -0.3 is 5.32 Å². The molecular weight excluding hydrogens is 454 g/mol. The maximum absolute atomic E-state index is 13.2. The summed E-state index contributed by atoms with van der Waals surface area (Å²) in [5.74, 6) is -1.01. The maximum atomic E-state index is 13.2. The van der Waals surface area contributed by atoms with Crippen molar-refractivity contribution in [2.75, 3.05) is 11.9 Å². The Hall–Kier alpha value is -1.93. The van der Waals surface area contributed by atoms with Gasteiger partial charge in [-0.1, -0.05) is 65.4 Å². The van der Waals surface area contributed by atoms with Gasteiger partial charge in [-0.3, -0.25) is 14.5 Å². The minimum Gasteiger partial charge on any atom is -0.326 e. The number of anilines is 1. The molecule has 29 heavy (non-hydrogen) atoms. The van der Waals surface area contributed by atoms with Gasteiger partial charge in [0.1, 0.15) is 10.1 Å². The lowest BCUT2D eigenvalue weighted by atomic mass is 10.2. The molecular formula is C20H15Cl2FN2O2S2. The molecule has 0 saturated carbocycles. The van der Waals surface area contributed by atoms with Crippen LogP contribution in [0.3, 0.4) is 0 Å². The zero-order chi connectivity index (χ0) is 21.0. The molecule has 0 aromatic heterocycles. The van der Waals surface area contributed by atoms with E-state index < -0.39 is 5.82 Å². The third-order valence-electron chi connectivity index (χ3n) is 4.05. The van der Waals surface area contributed by atoms with Crippen LogP contribution in [0.4, 0.5) is 10.1 Å². The van der Waals surface area contributed by atoms with Gasteiger partial charge in [-0.15, -0.1) is 0 Å². The molecule has 0 aliphatic carbocycles. The van der Waals surface area contributed by atoms with Crippen molar-refractivity contribution in [2.24, 2.45) is 0 Å². The molecule has 4 nitrogen and oxygen atoms in total. The van der Waals surface area contributed by atoms with E-state index in [9.17, 15) is 14.0 Å². The van der Waals surface area contributed by atoms with Crippen LogP contribution < -0.4 is 5.32 Å². The van der Waals surface area contributed by atoms with Gasteiger partial charge in [0.25, 0.3) is 5.91 Å². The molecule has 0 spiro atoms.